The SMILES string of the molecule is COc1ccc(N=C/C(Br)=C/c2ccccc2)cc1OC. The van der Waals surface area contributed by atoms with E-state index in [-0.39, 0.29) is 0 Å². The van der Waals surface area contributed by atoms with Crippen molar-refractivity contribution in [3.8, 4) is 11.5 Å². The van der Waals surface area contributed by atoms with Gasteiger partial charge in [-0.15, -0.1) is 0 Å². The highest BCUT2D eigenvalue weighted by Gasteiger charge is 2.03. The van der Waals surface area contributed by atoms with E-state index >= 15 is 0 Å². The number of halogens is 1. The van der Waals surface area contributed by atoms with Crippen LogP contribution in [0.25, 0.3) is 6.08 Å². The number of benzene rings is 2. The molecule has 0 aliphatic carbocycles. The Morgan fingerprint density at radius 2 is 1.71 bits per heavy atom. The quantitative estimate of drug-likeness (QED) is 0.725. The maximum atomic E-state index is 5.25. The van der Waals surface area contributed by atoms with Crippen molar-refractivity contribution in [3.05, 3.63) is 58.6 Å². The van der Waals surface area contributed by atoms with Gasteiger partial charge in [0.2, 0.25) is 0 Å². The van der Waals surface area contributed by atoms with Crippen molar-refractivity contribution in [2.45, 2.75) is 0 Å². The summed E-state index contributed by atoms with van der Waals surface area (Å²) in [6, 6.07) is 15.6. The summed E-state index contributed by atoms with van der Waals surface area (Å²) in [6.45, 7) is 0. The second kappa shape index (κ2) is 7.64. The molecule has 0 radical (unpaired) electrons. The lowest BCUT2D eigenvalue weighted by Crippen LogP contribution is -1.89. The fraction of sp³-hybridized carbons (Fsp3) is 0.118. The predicted molar refractivity (Wildman–Crippen MR) is 91.0 cm³/mol. The monoisotopic (exact) mass is 345 g/mol. The molecule has 108 valence electrons. The van der Waals surface area contributed by atoms with Gasteiger partial charge in [-0.3, -0.25) is 4.99 Å². The second-order valence-electron chi connectivity index (χ2n) is 4.24. The third-order valence-corrected chi connectivity index (χ3v) is 3.24. The highest BCUT2D eigenvalue weighted by Crippen LogP contribution is 2.31. The third-order valence-electron chi connectivity index (χ3n) is 2.81. The van der Waals surface area contributed by atoms with E-state index in [0.717, 1.165) is 15.7 Å². The number of nitrogens with zero attached hydrogens (tertiary/aromatic N) is 1. The van der Waals surface area contributed by atoms with E-state index < -0.39 is 0 Å². The molecule has 0 spiro atoms. The van der Waals surface area contributed by atoms with Crippen molar-refractivity contribution < 1.29 is 9.47 Å². The van der Waals surface area contributed by atoms with Gasteiger partial charge in [-0.05, 0) is 39.7 Å². The zero-order valence-electron chi connectivity index (χ0n) is 11.9. The minimum atomic E-state index is 0.662. The number of aliphatic imine (C=N–C) groups is 1. The highest BCUT2D eigenvalue weighted by molar-refractivity contribution is 9.12. The molecule has 21 heavy (non-hydrogen) atoms. The Balaban J connectivity index is 2.15. The Labute approximate surface area is 133 Å². The first-order chi connectivity index (χ1) is 10.2. The van der Waals surface area contributed by atoms with Crippen LogP contribution in [0, 0.1) is 0 Å². The average Bonchev–Trinajstić information content (AvgIpc) is 2.53. The van der Waals surface area contributed by atoms with E-state index in [0.29, 0.717) is 11.5 Å². The van der Waals surface area contributed by atoms with Crippen LogP contribution in [0.2, 0.25) is 0 Å². The first kappa shape index (κ1) is 15.3. The van der Waals surface area contributed by atoms with Crippen LogP contribution in [0.4, 0.5) is 5.69 Å². The van der Waals surface area contributed by atoms with Crippen LogP contribution in [0.15, 0.2) is 58.0 Å². The lowest BCUT2D eigenvalue weighted by atomic mass is 10.2. The molecule has 0 heterocycles. The number of rotatable bonds is 5. The Morgan fingerprint density at radius 1 is 1.00 bits per heavy atom. The Morgan fingerprint density at radius 3 is 2.38 bits per heavy atom. The topological polar surface area (TPSA) is 30.8 Å². The van der Waals surface area contributed by atoms with E-state index in [1.165, 1.54) is 0 Å². The minimum absolute atomic E-state index is 0.662. The first-order valence-electron chi connectivity index (χ1n) is 6.41. The first-order valence-corrected chi connectivity index (χ1v) is 7.20. The molecule has 2 aromatic carbocycles. The van der Waals surface area contributed by atoms with Crippen LogP contribution in [-0.2, 0) is 0 Å². The van der Waals surface area contributed by atoms with E-state index in [1.54, 1.807) is 20.4 Å². The third kappa shape index (κ3) is 4.46. The molecule has 2 aromatic rings. The normalized spacial score (nSPS) is 11.7. The molecule has 0 unspecified atom stereocenters. The molecule has 0 saturated carbocycles. The maximum Gasteiger partial charge on any atom is 0.162 e. The van der Waals surface area contributed by atoms with Gasteiger partial charge >= 0.3 is 0 Å². The number of allylic oxidation sites excluding steroid dienone is 1. The van der Waals surface area contributed by atoms with Gasteiger partial charge in [-0.2, -0.15) is 0 Å². The molecule has 2 rings (SSSR count). The van der Waals surface area contributed by atoms with Crippen LogP contribution in [0.3, 0.4) is 0 Å². The van der Waals surface area contributed by atoms with E-state index in [2.05, 4.69) is 20.9 Å². The molecule has 0 atom stereocenters. The van der Waals surface area contributed by atoms with Gasteiger partial charge in [0.25, 0.3) is 0 Å². The van der Waals surface area contributed by atoms with E-state index in [9.17, 15) is 0 Å². The molecule has 0 amide bonds. The number of hydrogen-bond acceptors (Lipinski definition) is 3. The smallest absolute Gasteiger partial charge is 0.162 e. The second-order valence-corrected chi connectivity index (χ2v) is 5.15. The lowest BCUT2D eigenvalue weighted by molar-refractivity contribution is 0.355. The zero-order chi connectivity index (χ0) is 15.1. The van der Waals surface area contributed by atoms with Crippen LogP contribution in [0.5, 0.6) is 11.5 Å². The van der Waals surface area contributed by atoms with Gasteiger partial charge in [-0.25, -0.2) is 0 Å². The van der Waals surface area contributed by atoms with Gasteiger partial charge in [0.1, 0.15) is 0 Å². The molecule has 0 aliphatic heterocycles. The van der Waals surface area contributed by atoms with Gasteiger partial charge in [0.15, 0.2) is 11.5 Å². The summed E-state index contributed by atoms with van der Waals surface area (Å²) in [7, 11) is 3.22. The predicted octanol–water partition coefficient (Wildman–Crippen LogP) is 4.84. The summed E-state index contributed by atoms with van der Waals surface area (Å²) in [5.74, 6) is 1.35. The Bertz CT molecular complexity index is 651. The van der Waals surface area contributed by atoms with Gasteiger partial charge in [0.05, 0.1) is 19.9 Å². The van der Waals surface area contributed by atoms with Crippen molar-refractivity contribution in [1.29, 1.82) is 0 Å². The maximum absolute atomic E-state index is 5.25. The molecule has 0 aromatic heterocycles. The summed E-state index contributed by atoms with van der Waals surface area (Å²) < 4.78 is 11.3. The number of ether oxygens (including phenoxy) is 2. The Hall–Kier alpha value is -2.07. The van der Waals surface area contributed by atoms with Gasteiger partial charge < -0.3 is 9.47 Å². The van der Waals surface area contributed by atoms with Crippen molar-refractivity contribution in [2.75, 3.05) is 14.2 Å². The van der Waals surface area contributed by atoms with Crippen molar-refractivity contribution in [1.82, 2.24) is 0 Å². The molecular formula is C17H16BrNO2. The van der Waals surface area contributed by atoms with Crippen LogP contribution < -0.4 is 9.47 Å². The molecular weight excluding hydrogens is 330 g/mol. The number of methoxy groups -OCH3 is 2. The van der Waals surface area contributed by atoms with Gasteiger partial charge in [-0.1, -0.05) is 30.3 Å². The highest BCUT2D eigenvalue weighted by atomic mass is 79.9. The summed E-state index contributed by atoms with van der Waals surface area (Å²) >= 11 is 3.49. The molecule has 0 bridgehead atoms. The fourth-order valence-corrected chi connectivity index (χ4v) is 2.15. The molecule has 4 heteroatoms. The molecule has 3 nitrogen and oxygen atoms in total. The number of hydrogen-bond donors (Lipinski definition) is 0. The molecule has 0 saturated heterocycles. The van der Waals surface area contributed by atoms with Gasteiger partial charge in [0, 0.05) is 16.8 Å². The van der Waals surface area contributed by atoms with Crippen molar-refractivity contribution in [3.63, 3.8) is 0 Å². The lowest BCUT2D eigenvalue weighted by Gasteiger charge is -2.07. The largest absolute Gasteiger partial charge is 0.493 e. The average molecular weight is 346 g/mol. The van der Waals surface area contributed by atoms with E-state index in [4.69, 9.17) is 9.47 Å². The Kier molecular flexibility index (Phi) is 5.58. The van der Waals surface area contributed by atoms with Crippen LogP contribution >= 0.6 is 15.9 Å². The summed E-state index contributed by atoms with van der Waals surface area (Å²) in [5.41, 5.74) is 1.91. The van der Waals surface area contributed by atoms with E-state index in [1.807, 2.05) is 54.6 Å². The molecule has 0 aliphatic rings. The summed E-state index contributed by atoms with van der Waals surface area (Å²) in [6.07, 6.45) is 3.76. The summed E-state index contributed by atoms with van der Waals surface area (Å²) in [5, 5.41) is 0. The van der Waals surface area contributed by atoms with Crippen molar-refractivity contribution in [2.24, 2.45) is 4.99 Å². The summed E-state index contributed by atoms with van der Waals surface area (Å²) in [4.78, 5) is 4.41. The van der Waals surface area contributed by atoms with Crippen LogP contribution in [-0.4, -0.2) is 20.4 Å². The standard InChI is InChI=1S/C17H16BrNO2/c1-20-16-9-8-15(11-17(16)21-2)19-12-14(18)10-13-6-4-3-5-7-13/h3-12H,1-2H3/b14-10-,19-12?. The molecule has 0 fully saturated rings. The van der Waals surface area contributed by atoms with Crippen molar-refractivity contribution >= 4 is 33.9 Å². The fourth-order valence-electron chi connectivity index (χ4n) is 1.79. The van der Waals surface area contributed by atoms with Crippen LogP contribution in [0.1, 0.15) is 5.56 Å². The molecule has 0 N–H and O–H groups in total. The zero-order valence-corrected chi connectivity index (χ0v) is 13.5. The minimum Gasteiger partial charge on any atom is -0.493 e.